The molecule has 1 unspecified atom stereocenters. The van der Waals surface area contributed by atoms with E-state index >= 15 is 0 Å². The molecule has 4 rings (SSSR count). The number of halogens is 1. The van der Waals surface area contributed by atoms with Crippen molar-refractivity contribution in [1.82, 2.24) is 9.55 Å². The van der Waals surface area contributed by atoms with Crippen LogP contribution >= 0.6 is 11.6 Å². The molecule has 1 N–H and O–H groups in total. The first-order valence-electron chi connectivity index (χ1n) is 10.8. The molecule has 8 heteroatoms. The molecule has 0 fully saturated rings. The van der Waals surface area contributed by atoms with Crippen molar-refractivity contribution in [3.05, 3.63) is 74.7 Å². The molecule has 1 aliphatic carbocycles. The molecule has 1 aliphatic rings. The predicted octanol–water partition coefficient (Wildman–Crippen LogP) is 4.31. The highest BCUT2D eigenvalue weighted by Crippen LogP contribution is 2.37. The van der Waals surface area contributed by atoms with Gasteiger partial charge < -0.3 is 14.8 Å². The summed E-state index contributed by atoms with van der Waals surface area (Å²) in [5, 5.41) is 3.85. The van der Waals surface area contributed by atoms with Crippen LogP contribution in [-0.2, 0) is 29.4 Å². The molecule has 0 radical (unpaired) electrons. The minimum atomic E-state index is -0.379. The Hall–Kier alpha value is -3.32. The van der Waals surface area contributed by atoms with Gasteiger partial charge in [0.15, 0.2) is 0 Å². The van der Waals surface area contributed by atoms with Gasteiger partial charge in [-0.1, -0.05) is 42.8 Å². The van der Waals surface area contributed by atoms with Crippen LogP contribution in [0.5, 0.6) is 5.75 Å². The first-order valence-corrected chi connectivity index (χ1v) is 11.2. The van der Waals surface area contributed by atoms with Crippen LogP contribution < -0.4 is 15.6 Å². The second-order valence-corrected chi connectivity index (χ2v) is 8.40. The minimum Gasteiger partial charge on any atom is -0.497 e. The monoisotopic (exact) mass is 467 g/mol. The van der Waals surface area contributed by atoms with Crippen molar-refractivity contribution in [3.8, 4) is 17.0 Å². The Labute approximate surface area is 197 Å². The van der Waals surface area contributed by atoms with E-state index in [4.69, 9.17) is 26.1 Å². The third-order valence-corrected chi connectivity index (χ3v) is 6.23. The molecule has 2 atom stereocenters. The van der Waals surface area contributed by atoms with Crippen LogP contribution in [0.25, 0.3) is 11.3 Å². The van der Waals surface area contributed by atoms with E-state index in [1.54, 1.807) is 36.9 Å². The Kier molecular flexibility index (Phi) is 6.42. The Morgan fingerprint density at radius 3 is 2.70 bits per heavy atom. The number of nitrogens with one attached hydrogen (secondary N) is 1. The molecule has 3 aromatic rings. The smallest absolute Gasteiger partial charge is 0.302 e. The van der Waals surface area contributed by atoms with E-state index in [-0.39, 0.29) is 29.4 Å². The Morgan fingerprint density at radius 2 is 2.03 bits per heavy atom. The molecule has 172 valence electrons. The fraction of sp³-hybridized carbons (Fsp3) is 0.320. The number of ether oxygens (including phenoxy) is 2. The summed E-state index contributed by atoms with van der Waals surface area (Å²) < 4.78 is 12.4. The van der Waals surface area contributed by atoms with Crippen molar-refractivity contribution >= 4 is 23.4 Å². The number of carbonyl (C=O) groups is 1. The van der Waals surface area contributed by atoms with Crippen LogP contribution in [0.4, 0.5) is 5.82 Å². The van der Waals surface area contributed by atoms with Gasteiger partial charge in [-0.3, -0.25) is 14.2 Å². The molecule has 33 heavy (non-hydrogen) atoms. The third-order valence-electron chi connectivity index (χ3n) is 5.92. The highest BCUT2D eigenvalue weighted by molar-refractivity contribution is 6.33. The van der Waals surface area contributed by atoms with Gasteiger partial charge in [0.05, 0.1) is 23.9 Å². The number of hydrogen-bond donors (Lipinski definition) is 1. The minimum absolute atomic E-state index is 0.274. The van der Waals surface area contributed by atoms with E-state index in [1.807, 2.05) is 31.2 Å². The lowest BCUT2D eigenvalue weighted by molar-refractivity contribution is -0.146. The Balaban J connectivity index is 1.78. The maximum atomic E-state index is 13.3. The quantitative estimate of drug-likeness (QED) is 0.544. The van der Waals surface area contributed by atoms with Gasteiger partial charge in [0.1, 0.15) is 23.4 Å². The Morgan fingerprint density at radius 1 is 1.27 bits per heavy atom. The number of fused-ring (bicyclic) bond motifs is 1. The van der Waals surface area contributed by atoms with E-state index < -0.39 is 0 Å². The molecule has 0 amide bonds. The lowest BCUT2D eigenvalue weighted by Crippen LogP contribution is -2.31. The second-order valence-electron chi connectivity index (χ2n) is 7.99. The van der Waals surface area contributed by atoms with Gasteiger partial charge in [0.2, 0.25) is 0 Å². The third kappa shape index (κ3) is 4.33. The van der Waals surface area contributed by atoms with Crippen LogP contribution in [0.1, 0.15) is 36.7 Å². The van der Waals surface area contributed by atoms with Crippen LogP contribution in [0, 0.1) is 0 Å². The number of nitrogens with zero attached hydrogens (tertiary/aromatic N) is 2. The number of rotatable bonds is 6. The molecule has 1 aromatic heterocycles. The van der Waals surface area contributed by atoms with Gasteiger partial charge >= 0.3 is 5.97 Å². The van der Waals surface area contributed by atoms with Crippen molar-refractivity contribution in [2.75, 3.05) is 12.4 Å². The predicted molar refractivity (Wildman–Crippen MR) is 128 cm³/mol. The summed E-state index contributed by atoms with van der Waals surface area (Å²) in [6.07, 6.45) is 0.815. The summed E-state index contributed by atoms with van der Waals surface area (Å²) in [6.45, 7) is 3.38. The number of benzene rings is 2. The van der Waals surface area contributed by atoms with Crippen molar-refractivity contribution in [2.45, 2.75) is 38.8 Å². The maximum Gasteiger partial charge on any atom is 0.302 e. The summed E-state index contributed by atoms with van der Waals surface area (Å²) >= 11 is 6.43. The van der Waals surface area contributed by atoms with Crippen molar-refractivity contribution in [1.29, 1.82) is 0 Å². The lowest BCUT2D eigenvalue weighted by Gasteiger charge is -2.25. The molecule has 0 bridgehead atoms. The Bertz CT molecular complexity index is 1270. The topological polar surface area (TPSA) is 82.4 Å². The summed E-state index contributed by atoms with van der Waals surface area (Å²) in [4.78, 5) is 29.8. The lowest BCUT2D eigenvalue weighted by atomic mass is 10.1. The average molecular weight is 468 g/mol. The molecule has 7 nitrogen and oxygen atoms in total. The number of aryl methyl sites for hydroxylation is 1. The largest absolute Gasteiger partial charge is 0.497 e. The van der Waals surface area contributed by atoms with E-state index in [2.05, 4.69) is 5.32 Å². The molecule has 0 saturated heterocycles. The maximum absolute atomic E-state index is 13.3. The van der Waals surface area contributed by atoms with Crippen LogP contribution in [0.2, 0.25) is 5.02 Å². The molecular weight excluding hydrogens is 442 g/mol. The number of carbonyl (C=O) groups excluding carboxylic acids is 1. The van der Waals surface area contributed by atoms with Crippen LogP contribution in [0.3, 0.4) is 0 Å². The first kappa shape index (κ1) is 22.9. The van der Waals surface area contributed by atoms with Gasteiger partial charge in [-0.15, -0.1) is 0 Å². The van der Waals surface area contributed by atoms with Gasteiger partial charge in [-0.2, -0.15) is 0 Å². The van der Waals surface area contributed by atoms with E-state index in [0.717, 1.165) is 11.1 Å². The van der Waals surface area contributed by atoms with Gasteiger partial charge in [0, 0.05) is 26.0 Å². The fourth-order valence-corrected chi connectivity index (χ4v) is 4.57. The van der Waals surface area contributed by atoms with E-state index in [9.17, 15) is 9.59 Å². The zero-order valence-corrected chi connectivity index (χ0v) is 19.8. The second kappa shape index (κ2) is 9.27. The van der Waals surface area contributed by atoms with Crippen LogP contribution in [0.15, 0.2) is 47.3 Å². The fourth-order valence-electron chi connectivity index (χ4n) is 4.31. The molecular formula is C25H26ClN3O4. The molecule has 1 heterocycles. The molecule has 0 aliphatic heterocycles. The number of hydrogen-bond acceptors (Lipinski definition) is 6. The molecule has 0 spiro atoms. The number of aromatic nitrogens is 2. The summed E-state index contributed by atoms with van der Waals surface area (Å²) in [6, 6.07) is 12.8. The van der Waals surface area contributed by atoms with E-state index in [0.29, 0.717) is 40.7 Å². The zero-order valence-electron chi connectivity index (χ0n) is 19.0. The number of anilines is 1. The average Bonchev–Trinajstić information content (AvgIpc) is 3.13. The summed E-state index contributed by atoms with van der Waals surface area (Å²) in [5.41, 5.74) is 3.40. The SMILES string of the molecule is CCc1nc(-c2ccc(OC)cc2Cl)c(=O)n(C)c1NC1c2ccccc2C[C@@H]1OC(C)=O. The molecule has 0 saturated carbocycles. The highest BCUT2D eigenvalue weighted by Gasteiger charge is 2.35. The number of esters is 1. The summed E-state index contributed by atoms with van der Waals surface area (Å²) in [5.74, 6) is 0.854. The normalized spacial score (nSPS) is 16.9. The first-order chi connectivity index (χ1) is 15.8. The van der Waals surface area contributed by atoms with Crippen molar-refractivity contribution in [3.63, 3.8) is 0 Å². The standard InChI is InChI=1S/C25H26ClN3O4/c1-5-20-24(28-22-17-9-7-6-8-15(17)12-21(22)33-14(2)30)29(3)25(31)23(27-20)18-11-10-16(32-4)13-19(18)26/h6-11,13,21-22,28H,5,12H2,1-4H3/t21-,22?/m0/s1. The van der Waals surface area contributed by atoms with Gasteiger partial charge in [0.25, 0.3) is 5.56 Å². The summed E-state index contributed by atoms with van der Waals surface area (Å²) in [7, 11) is 3.26. The van der Waals surface area contributed by atoms with Crippen molar-refractivity contribution in [2.24, 2.45) is 7.05 Å². The van der Waals surface area contributed by atoms with Gasteiger partial charge in [-0.05, 0) is 35.7 Å². The van der Waals surface area contributed by atoms with E-state index in [1.165, 1.54) is 6.92 Å². The van der Waals surface area contributed by atoms with Crippen LogP contribution in [-0.4, -0.2) is 28.7 Å². The van der Waals surface area contributed by atoms with Gasteiger partial charge in [-0.25, -0.2) is 4.98 Å². The number of methoxy groups -OCH3 is 1. The van der Waals surface area contributed by atoms with Crippen molar-refractivity contribution < 1.29 is 14.3 Å². The zero-order chi connectivity index (χ0) is 23.7. The molecule has 2 aromatic carbocycles. The highest BCUT2D eigenvalue weighted by atomic mass is 35.5.